The molecule has 7 heteroatoms. The number of nitrogens with one attached hydrogen (secondary N) is 2. The predicted molar refractivity (Wildman–Crippen MR) is 134 cm³/mol. The monoisotopic (exact) mass is 459 g/mol. The van der Waals surface area contributed by atoms with Gasteiger partial charge in [-0.3, -0.25) is 0 Å². The third-order valence-corrected chi connectivity index (χ3v) is 6.45. The summed E-state index contributed by atoms with van der Waals surface area (Å²) in [6.07, 6.45) is 1.48. The number of aromatic nitrogens is 2. The normalized spacial score (nSPS) is 15.9. The Bertz CT molecular complexity index is 1200. The summed E-state index contributed by atoms with van der Waals surface area (Å²) in [6, 6.07) is 24.7. The van der Waals surface area contributed by atoms with Crippen molar-refractivity contribution in [3.05, 3.63) is 95.8 Å². The van der Waals surface area contributed by atoms with Gasteiger partial charge in [0.15, 0.2) is 0 Å². The maximum absolute atomic E-state index is 13.3. The van der Waals surface area contributed by atoms with Gasteiger partial charge in [-0.05, 0) is 48.2 Å². The molecule has 6 nitrogen and oxygen atoms in total. The van der Waals surface area contributed by atoms with E-state index in [9.17, 15) is 9.50 Å². The Morgan fingerprint density at radius 1 is 0.941 bits per heavy atom. The van der Waals surface area contributed by atoms with Gasteiger partial charge in [-0.25, -0.2) is 14.1 Å². The summed E-state index contributed by atoms with van der Waals surface area (Å²) < 4.78 is 15.2. The minimum absolute atomic E-state index is 0.234. The number of benzene rings is 3. The Hall–Kier alpha value is -3.42. The van der Waals surface area contributed by atoms with E-state index in [2.05, 4.69) is 15.6 Å². The maximum Gasteiger partial charge on any atom is 0.223 e. The molecule has 34 heavy (non-hydrogen) atoms. The Morgan fingerprint density at radius 3 is 2.41 bits per heavy atom. The van der Waals surface area contributed by atoms with E-state index >= 15 is 0 Å². The molecular formula is C27H30FN5O. The lowest BCUT2D eigenvalue weighted by atomic mass is 10.0. The van der Waals surface area contributed by atoms with Gasteiger partial charge in [0.05, 0.1) is 23.7 Å². The van der Waals surface area contributed by atoms with Crippen LogP contribution < -0.4 is 10.7 Å². The molecule has 3 N–H and O–H groups in total. The fourth-order valence-electron chi connectivity index (χ4n) is 4.52. The lowest BCUT2D eigenvalue weighted by molar-refractivity contribution is 0.0990. The second-order valence-electron chi connectivity index (χ2n) is 8.87. The summed E-state index contributed by atoms with van der Waals surface area (Å²) in [5.41, 5.74) is 7.31. The van der Waals surface area contributed by atoms with Gasteiger partial charge >= 0.3 is 0 Å². The summed E-state index contributed by atoms with van der Waals surface area (Å²) in [5.74, 6) is 0.549. The van der Waals surface area contributed by atoms with Crippen LogP contribution in [0.1, 0.15) is 30.1 Å². The summed E-state index contributed by atoms with van der Waals surface area (Å²) >= 11 is 0. The third-order valence-electron chi connectivity index (χ3n) is 6.45. The number of halogens is 1. The van der Waals surface area contributed by atoms with E-state index in [-0.39, 0.29) is 5.82 Å². The van der Waals surface area contributed by atoms with E-state index < -0.39 is 6.10 Å². The van der Waals surface area contributed by atoms with Crippen LogP contribution in [0.2, 0.25) is 0 Å². The molecule has 1 aliphatic rings. The van der Waals surface area contributed by atoms with Gasteiger partial charge < -0.3 is 20.7 Å². The van der Waals surface area contributed by atoms with Crippen molar-refractivity contribution in [2.45, 2.75) is 31.5 Å². The van der Waals surface area contributed by atoms with Crippen LogP contribution in [0.5, 0.6) is 0 Å². The highest BCUT2D eigenvalue weighted by atomic mass is 19.1. The van der Waals surface area contributed by atoms with Gasteiger partial charge in [-0.15, -0.1) is 0 Å². The van der Waals surface area contributed by atoms with Gasteiger partial charge in [0.1, 0.15) is 5.82 Å². The molecule has 0 spiro atoms. The minimum Gasteiger partial charge on any atom is -0.387 e. The zero-order valence-electron chi connectivity index (χ0n) is 19.1. The fourth-order valence-corrected chi connectivity index (χ4v) is 4.52. The quantitative estimate of drug-likeness (QED) is 0.361. The van der Waals surface area contributed by atoms with Gasteiger partial charge in [-0.2, -0.15) is 0 Å². The highest BCUT2D eigenvalue weighted by molar-refractivity contribution is 5.79. The van der Waals surface area contributed by atoms with Crippen molar-refractivity contribution in [3.63, 3.8) is 0 Å². The van der Waals surface area contributed by atoms with E-state index in [1.165, 1.54) is 12.1 Å². The first-order valence-corrected chi connectivity index (χ1v) is 11.8. The Kier molecular flexibility index (Phi) is 6.74. The highest BCUT2D eigenvalue weighted by Gasteiger charge is 2.23. The van der Waals surface area contributed by atoms with E-state index in [1.807, 2.05) is 59.3 Å². The van der Waals surface area contributed by atoms with Crippen molar-refractivity contribution in [3.8, 4) is 0 Å². The molecule has 1 atom stereocenters. The van der Waals surface area contributed by atoms with E-state index in [1.54, 1.807) is 12.1 Å². The van der Waals surface area contributed by atoms with Crippen LogP contribution in [-0.4, -0.2) is 45.3 Å². The van der Waals surface area contributed by atoms with Crippen molar-refractivity contribution >= 4 is 17.0 Å². The standard InChI is InChI=1S/C27H30FN5O/c28-22-12-10-20(11-13-22)18-29-33-25-9-5-4-8-24(25)31-27(33)30-23-14-16-32(17-15-23)19-26(34)21-6-2-1-3-7-21/h1-13,23,26,29,34H,14-19H2,(H,30,31). The summed E-state index contributed by atoms with van der Waals surface area (Å²) in [5, 5.41) is 14.2. The van der Waals surface area contributed by atoms with Gasteiger partial charge in [0.2, 0.25) is 5.95 Å². The van der Waals surface area contributed by atoms with Crippen molar-refractivity contribution in [1.82, 2.24) is 14.6 Å². The number of β-amino-alcohol motifs (C(OH)–C–C–N with tert-alkyl or cyclic N) is 1. The van der Waals surface area contributed by atoms with Crippen LogP contribution in [0.15, 0.2) is 78.9 Å². The van der Waals surface area contributed by atoms with Crippen LogP contribution in [0.25, 0.3) is 11.0 Å². The number of hydrogen-bond acceptors (Lipinski definition) is 5. The number of aliphatic hydroxyl groups is 1. The molecule has 1 saturated heterocycles. The number of likely N-dealkylation sites (tertiary alicyclic amines) is 1. The van der Waals surface area contributed by atoms with Crippen LogP contribution in [0, 0.1) is 5.82 Å². The average molecular weight is 460 g/mol. The number of rotatable bonds is 8. The molecule has 1 aromatic heterocycles. The van der Waals surface area contributed by atoms with Gasteiger partial charge in [0, 0.05) is 25.7 Å². The lowest BCUT2D eigenvalue weighted by Crippen LogP contribution is -2.41. The molecule has 1 fully saturated rings. The van der Waals surface area contributed by atoms with Crippen LogP contribution in [0.4, 0.5) is 10.3 Å². The molecular weight excluding hydrogens is 429 g/mol. The Labute approximate surface area is 199 Å². The number of imidazole rings is 1. The Balaban J connectivity index is 1.22. The summed E-state index contributed by atoms with van der Waals surface area (Å²) in [4.78, 5) is 7.14. The SMILES string of the molecule is OC(CN1CCC(Nc2nc3ccccc3n2NCc2ccc(F)cc2)CC1)c1ccccc1. The molecule has 3 aromatic carbocycles. The minimum atomic E-state index is -0.467. The number of fused-ring (bicyclic) bond motifs is 1. The molecule has 0 saturated carbocycles. The van der Waals surface area contributed by atoms with E-state index in [0.29, 0.717) is 19.1 Å². The van der Waals surface area contributed by atoms with E-state index in [0.717, 1.165) is 54.0 Å². The zero-order chi connectivity index (χ0) is 23.3. The summed E-state index contributed by atoms with van der Waals surface area (Å²) in [7, 11) is 0. The first kappa shape index (κ1) is 22.4. The number of piperidine rings is 1. The second-order valence-corrected chi connectivity index (χ2v) is 8.87. The number of aliphatic hydroxyl groups excluding tert-OH is 1. The van der Waals surface area contributed by atoms with Crippen molar-refractivity contribution in [1.29, 1.82) is 0 Å². The first-order chi connectivity index (χ1) is 16.7. The lowest BCUT2D eigenvalue weighted by Gasteiger charge is -2.33. The van der Waals surface area contributed by atoms with Crippen molar-refractivity contribution in [2.24, 2.45) is 0 Å². The molecule has 176 valence electrons. The maximum atomic E-state index is 13.3. The van der Waals surface area contributed by atoms with Crippen LogP contribution in [-0.2, 0) is 6.54 Å². The van der Waals surface area contributed by atoms with Crippen LogP contribution in [0.3, 0.4) is 0 Å². The molecule has 0 bridgehead atoms. The van der Waals surface area contributed by atoms with Crippen molar-refractivity contribution in [2.75, 3.05) is 30.4 Å². The molecule has 2 heterocycles. The third kappa shape index (κ3) is 5.21. The van der Waals surface area contributed by atoms with Gasteiger partial charge in [0.25, 0.3) is 0 Å². The van der Waals surface area contributed by atoms with Crippen molar-refractivity contribution < 1.29 is 9.50 Å². The number of anilines is 1. The molecule has 1 aliphatic heterocycles. The molecule has 1 unspecified atom stereocenters. The van der Waals surface area contributed by atoms with Gasteiger partial charge in [-0.1, -0.05) is 54.6 Å². The highest BCUT2D eigenvalue weighted by Crippen LogP contribution is 2.23. The van der Waals surface area contributed by atoms with E-state index in [4.69, 9.17) is 4.98 Å². The molecule has 0 radical (unpaired) electrons. The van der Waals surface area contributed by atoms with Crippen LogP contribution >= 0.6 is 0 Å². The molecule has 0 amide bonds. The molecule has 0 aliphatic carbocycles. The fraction of sp³-hybridized carbons (Fsp3) is 0.296. The summed E-state index contributed by atoms with van der Waals surface area (Å²) in [6.45, 7) is 3.05. The smallest absolute Gasteiger partial charge is 0.223 e. The average Bonchev–Trinajstić information content (AvgIpc) is 3.22. The predicted octanol–water partition coefficient (Wildman–Crippen LogP) is 4.53. The topological polar surface area (TPSA) is 65.3 Å². The zero-order valence-corrected chi connectivity index (χ0v) is 19.1. The number of nitrogens with zero attached hydrogens (tertiary/aromatic N) is 3. The largest absolute Gasteiger partial charge is 0.387 e. The first-order valence-electron chi connectivity index (χ1n) is 11.8. The number of hydrogen-bond donors (Lipinski definition) is 3. The molecule has 4 aromatic rings. The Morgan fingerprint density at radius 2 is 1.65 bits per heavy atom. The second kappa shape index (κ2) is 10.2. The number of para-hydroxylation sites is 2. The molecule has 5 rings (SSSR count).